The topological polar surface area (TPSA) is 51.1 Å². The molecule has 4 nitrogen and oxygen atoms in total. The molecule has 90 valence electrons. The lowest BCUT2D eigenvalue weighted by Crippen LogP contribution is -2.27. The summed E-state index contributed by atoms with van der Waals surface area (Å²) in [6.45, 7) is 2.37. The molecule has 0 aromatic carbocycles. The molecule has 1 N–H and O–H groups in total. The van der Waals surface area contributed by atoms with Crippen LogP contribution in [0.1, 0.15) is 30.1 Å². The molecule has 0 radical (unpaired) electrons. The number of nitrogens with zero attached hydrogens (tertiary/aromatic N) is 1. The number of amides is 1. The minimum atomic E-state index is -0.159. The molecule has 4 heteroatoms. The van der Waals surface area contributed by atoms with Gasteiger partial charge in [-0.3, -0.25) is 9.59 Å². The number of hydrogen-bond acceptors (Lipinski definition) is 2. The van der Waals surface area contributed by atoms with E-state index in [9.17, 15) is 9.59 Å². The predicted molar refractivity (Wildman–Crippen MR) is 65.5 cm³/mol. The summed E-state index contributed by atoms with van der Waals surface area (Å²) in [5.41, 5.74) is 0.650. The van der Waals surface area contributed by atoms with Gasteiger partial charge in [-0.25, -0.2) is 0 Å². The van der Waals surface area contributed by atoms with Gasteiger partial charge in [0.05, 0.1) is 6.54 Å². The van der Waals surface area contributed by atoms with Gasteiger partial charge in [-0.05, 0) is 12.5 Å². The number of aromatic nitrogens is 1. The van der Waals surface area contributed by atoms with Crippen molar-refractivity contribution in [3.8, 4) is 12.3 Å². The Morgan fingerprint density at radius 3 is 2.94 bits per heavy atom. The van der Waals surface area contributed by atoms with E-state index >= 15 is 0 Å². The van der Waals surface area contributed by atoms with Crippen LogP contribution in [0.25, 0.3) is 0 Å². The maximum atomic E-state index is 11.6. The van der Waals surface area contributed by atoms with Gasteiger partial charge < -0.3 is 9.88 Å². The normalized spacial score (nSPS) is 9.65. The average molecular weight is 232 g/mol. The lowest BCUT2D eigenvalue weighted by atomic mass is 10.1. The highest BCUT2D eigenvalue weighted by molar-refractivity contribution is 5.95. The summed E-state index contributed by atoms with van der Waals surface area (Å²) in [7, 11) is 0. The molecule has 1 aromatic heterocycles. The second-order valence-electron chi connectivity index (χ2n) is 3.73. The first-order valence-electron chi connectivity index (χ1n) is 5.56. The standard InChI is InChI=1S/C13H16N2O2/c1-3-5-12(16)11-6-8-15(9-11)10-13(17)14-7-4-2/h2,6,8-9H,3,5,7,10H2,1H3,(H,14,17). The number of nitrogens with one attached hydrogen (secondary N) is 1. The number of ketones is 1. The molecule has 0 saturated heterocycles. The van der Waals surface area contributed by atoms with Gasteiger partial charge in [-0.2, -0.15) is 0 Å². The number of rotatable bonds is 6. The van der Waals surface area contributed by atoms with E-state index in [1.165, 1.54) is 0 Å². The Morgan fingerprint density at radius 1 is 1.53 bits per heavy atom. The number of hydrogen-bond donors (Lipinski definition) is 1. The monoisotopic (exact) mass is 232 g/mol. The SMILES string of the molecule is C#CCNC(=O)Cn1ccc(C(=O)CCC)c1. The summed E-state index contributed by atoms with van der Waals surface area (Å²) in [5, 5.41) is 2.56. The minimum absolute atomic E-state index is 0.107. The molecule has 0 unspecified atom stereocenters. The summed E-state index contributed by atoms with van der Waals surface area (Å²) in [6.07, 6.45) is 9.80. The van der Waals surface area contributed by atoms with E-state index in [4.69, 9.17) is 6.42 Å². The molecule has 0 aliphatic rings. The van der Waals surface area contributed by atoms with Crippen molar-refractivity contribution in [3.05, 3.63) is 24.0 Å². The van der Waals surface area contributed by atoms with Gasteiger partial charge >= 0.3 is 0 Å². The van der Waals surface area contributed by atoms with E-state index in [2.05, 4.69) is 11.2 Å². The number of Topliss-reactive ketones (excluding diaryl/α,β-unsaturated/α-hetero) is 1. The quantitative estimate of drug-likeness (QED) is 0.592. The van der Waals surface area contributed by atoms with Crippen molar-refractivity contribution in [3.63, 3.8) is 0 Å². The van der Waals surface area contributed by atoms with Crippen LogP contribution in [0.2, 0.25) is 0 Å². The van der Waals surface area contributed by atoms with E-state index in [0.29, 0.717) is 12.0 Å². The van der Waals surface area contributed by atoms with Gasteiger partial charge in [-0.15, -0.1) is 6.42 Å². The highest BCUT2D eigenvalue weighted by Gasteiger charge is 2.07. The van der Waals surface area contributed by atoms with Gasteiger partial charge in [0, 0.05) is 24.4 Å². The predicted octanol–water partition coefficient (Wildman–Crippen LogP) is 1.22. The molecule has 0 bridgehead atoms. The van der Waals surface area contributed by atoms with Crippen molar-refractivity contribution in [1.29, 1.82) is 0 Å². The van der Waals surface area contributed by atoms with E-state index in [1.807, 2.05) is 6.92 Å². The first-order chi connectivity index (χ1) is 8.17. The second-order valence-corrected chi connectivity index (χ2v) is 3.73. The van der Waals surface area contributed by atoms with Crippen molar-refractivity contribution >= 4 is 11.7 Å². The third-order valence-electron chi connectivity index (χ3n) is 2.26. The Kier molecular flexibility index (Phi) is 5.02. The highest BCUT2D eigenvalue weighted by Crippen LogP contribution is 2.06. The smallest absolute Gasteiger partial charge is 0.240 e. The van der Waals surface area contributed by atoms with Gasteiger partial charge in [0.1, 0.15) is 6.54 Å². The molecule has 0 fully saturated rings. The Bertz CT molecular complexity index is 441. The zero-order valence-corrected chi connectivity index (χ0v) is 9.90. The van der Waals surface area contributed by atoms with Gasteiger partial charge in [0.25, 0.3) is 0 Å². The summed E-state index contributed by atoms with van der Waals surface area (Å²) >= 11 is 0. The van der Waals surface area contributed by atoms with E-state index in [-0.39, 0.29) is 24.8 Å². The lowest BCUT2D eigenvalue weighted by Gasteiger charge is -2.02. The third-order valence-corrected chi connectivity index (χ3v) is 2.26. The van der Waals surface area contributed by atoms with Crippen LogP contribution in [-0.4, -0.2) is 22.8 Å². The zero-order chi connectivity index (χ0) is 12.7. The summed E-state index contributed by atoms with van der Waals surface area (Å²) in [5.74, 6) is 2.28. The van der Waals surface area contributed by atoms with Crippen molar-refractivity contribution in [1.82, 2.24) is 9.88 Å². The van der Waals surface area contributed by atoms with Crippen molar-refractivity contribution < 1.29 is 9.59 Å². The van der Waals surface area contributed by atoms with Crippen LogP contribution in [0, 0.1) is 12.3 Å². The molecule has 0 saturated carbocycles. The van der Waals surface area contributed by atoms with Crippen LogP contribution < -0.4 is 5.32 Å². The van der Waals surface area contributed by atoms with Gasteiger partial charge in [0.15, 0.2) is 5.78 Å². The fraction of sp³-hybridized carbons (Fsp3) is 0.385. The summed E-state index contributed by atoms with van der Waals surface area (Å²) in [6, 6.07) is 1.73. The molecule has 0 atom stereocenters. The molecule has 1 amide bonds. The number of carbonyl (C=O) groups is 2. The molecule has 0 spiro atoms. The fourth-order valence-corrected chi connectivity index (χ4v) is 1.45. The van der Waals surface area contributed by atoms with Gasteiger partial charge in [-0.1, -0.05) is 12.8 Å². The van der Waals surface area contributed by atoms with Crippen LogP contribution in [0.4, 0.5) is 0 Å². The summed E-state index contributed by atoms with van der Waals surface area (Å²) in [4.78, 5) is 22.9. The molecule has 1 rings (SSSR count). The number of carbonyl (C=O) groups excluding carboxylic acids is 2. The minimum Gasteiger partial charge on any atom is -0.344 e. The van der Waals surface area contributed by atoms with Crippen molar-refractivity contribution in [2.45, 2.75) is 26.3 Å². The lowest BCUT2D eigenvalue weighted by molar-refractivity contribution is -0.121. The molecule has 17 heavy (non-hydrogen) atoms. The van der Waals surface area contributed by atoms with Gasteiger partial charge in [0.2, 0.25) is 5.91 Å². The average Bonchev–Trinajstić information content (AvgIpc) is 2.75. The molecular formula is C13H16N2O2. The first kappa shape index (κ1) is 13.0. The van der Waals surface area contributed by atoms with Crippen molar-refractivity contribution in [2.75, 3.05) is 6.54 Å². The maximum Gasteiger partial charge on any atom is 0.240 e. The maximum absolute atomic E-state index is 11.6. The van der Waals surface area contributed by atoms with Crippen LogP contribution in [0.15, 0.2) is 18.5 Å². The van der Waals surface area contributed by atoms with Crippen LogP contribution in [0.3, 0.4) is 0 Å². The zero-order valence-electron chi connectivity index (χ0n) is 9.90. The molecule has 0 aliphatic carbocycles. The Balaban J connectivity index is 2.54. The van der Waals surface area contributed by atoms with E-state index in [1.54, 1.807) is 23.0 Å². The Labute approximate surface area is 101 Å². The first-order valence-corrected chi connectivity index (χ1v) is 5.56. The van der Waals surface area contributed by atoms with Crippen LogP contribution in [-0.2, 0) is 11.3 Å². The second kappa shape index (κ2) is 6.54. The Hall–Kier alpha value is -2.02. The van der Waals surface area contributed by atoms with Crippen LogP contribution >= 0.6 is 0 Å². The molecule has 0 aliphatic heterocycles. The molecular weight excluding hydrogens is 216 g/mol. The third kappa shape index (κ3) is 4.15. The highest BCUT2D eigenvalue weighted by atomic mass is 16.2. The Morgan fingerprint density at radius 2 is 2.29 bits per heavy atom. The molecule has 1 heterocycles. The van der Waals surface area contributed by atoms with Crippen LogP contribution in [0.5, 0.6) is 0 Å². The molecule has 1 aromatic rings. The largest absolute Gasteiger partial charge is 0.344 e. The van der Waals surface area contributed by atoms with Crippen molar-refractivity contribution in [2.24, 2.45) is 0 Å². The van der Waals surface area contributed by atoms with E-state index in [0.717, 1.165) is 6.42 Å². The number of terminal acetylenes is 1. The van der Waals surface area contributed by atoms with E-state index < -0.39 is 0 Å². The summed E-state index contributed by atoms with van der Waals surface area (Å²) < 4.78 is 1.68. The fourth-order valence-electron chi connectivity index (χ4n) is 1.45.